The van der Waals surface area contributed by atoms with Crippen molar-refractivity contribution in [2.45, 2.75) is 0 Å². The maximum Gasteiger partial charge on any atom is 0.335 e. The van der Waals surface area contributed by atoms with Gasteiger partial charge in [0.05, 0.1) is 11.3 Å². The highest BCUT2D eigenvalue weighted by Gasteiger charge is 2.09. The van der Waals surface area contributed by atoms with E-state index in [0.717, 1.165) is 10.1 Å². The number of aromatic carboxylic acids is 1. The van der Waals surface area contributed by atoms with Crippen LogP contribution in [0.3, 0.4) is 0 Å². The molecule has 0 spiro atoms. The number of hydrogen-bond acceptors (Lipinski definition) is 5. The van der Waals surface area contributed by atoms with Gasteiger partial charge in [0, 0.05) is 10.1 Å². The Labute approximate surface area is 123 Å². The molecule has 0 radical (unpaired) electrons. The smallest absolute Gasteiger partial charge is 0.335 e. The highest BCUT2D eigenvalue weighted by molar-refractivity contribution is 7.23. The van der Waals surface area contributed by atoms with Crippen LogP contribution in [0.2, 0.25) is 0 Å². The Morgan fingerprint density at radius 2 is 1.71 bits per heavy atom. The summed E-state index contributed by atoms with van der Waals surface area (Å²) in [5.74, 6) is -0.873. The molecule has 0 saturated carbocycles. The van der Waals surface area contributed by atoms with Gasteiger partial charge in [-0.05, 0) is 36.4 Å². The molecule has 0 saturated heterocycles. The number of aromatic hydroxyl groups is 1. The molecule has 0 unspecified atom stereocenters. The third kappa shape index (κ3) is 2.61. The van der Waals surface area contributed by atoms with E-state index >= 15 is 0 Å². The van der Waals surface area contributed by atoms with E-state index in [2.05, 4.69) is 10.2 Å². The van der Waals surface area contributed by atoms with Gasteiger partial charge in [0.15, 0.2) is 10.8 Å². The number of carbonyl (C=O) groups is 1. The number of benzene rings is 2. The SMILES string of the molecule is O=C(O)c1ccc(N=Nc2sc3ccccc3c2O)cc1. The summed E-state index contributed by atoms with van der Waals surface area (Å²) >= 11 is 1.35. The summed E-state index contributed by atoms with van der Waals surface area (Å²) in [5, 5.41) is 28.1. The van der Waals surface area contributed by atoms with E-state index in [0.29, 0.717) is 10.7 Å². The number of nitrogens with zero attached hydrogens (tertiary/aromatic N) is 2. The lowest BCUT2D eigenvalue weighted by Gasteiger charge is -1.94. The third-order valence-electron chi connectivity index (χ3n) is 2.92. The number of thiophene rings is 1. The molecule has 0 bridgehead atoms. The minimum absolute atomic E-state index is 0.113. The van der Waals surface area contributed by atoms with E-state index in [-0.39, 0.29) is 11.3 Å². The summed E-state index contributed by atoms with van der Waals surface area (Å²) in [6.45, 7) is 0. The van der Waals surface area contributed by atoms with Crippen LogP contribution in [0.15, 0.2) is 58.8 Å². The fraction of sp³-hybridized carbons (Fsp3) is 0. The van der Waals surface area contributed by atoms with Crippen LogP contribution in [-0.2, 0) is 0 Å². The standard InChI is InChI=1S/C15H10N2O3S/c18-13-11-3-1-2-4-12(11)21-14(13)17-16-10-7-5-9(6-8-10)15(19)20/h1-8,18H,(H,19,20). The van der Waals surface area contributed by atoms with Crippen molar-refractivity contribution in [1.82, 2.24) is 0 Å². The molecule has 3 rings (SSSR count). The van der Waals surface area contributed by atoms with Crippen LogP contribution in [0, 0.1) is 0 Å². The van der Waals surface area contributed by atoms with Crippen molar-refractivity contribution in [3.05, 3.63) is 54.1 Å². The summed E-state index contributed by atoms with van der Waals surface area (Å²) < 4.78 is 0.935. The van der Waals surface area contributed by atoms with Crippen molar-refractivity contribution < 1.29 is 15.0 Å². The number of hydrogen-bond donors (Lipinski definition) is 2. The molecule has 3 aromatic rings. The number of carboxylic acids is 1. The van der Waals surface area contributed by atoms with Crippen LogP contribution in [0.25, 0.3) is 10.1 Å². The summed E-state index contributed by atoms with van der Waals surface area (Å²) in [4.78, 5) is 10.8. The van der Waals surface area contributed by atoms with Crippen molar-refractivity contribution >= 4 is 38.1 Å². The van der Waals surface area contributed by atoms with Gasteiger partial charge in [0.2, 0.25) is 0 Å². The van der Waals surface area contributed by atoms with E-state index in [1.807, 2.05) is 24.3 Å². The van der Waals surface area contributed by atoms with E-state index in [1.54, 1.807) is 12.1 Å². The third-order valence-corrected chi connectivity index (χ3v) is 3.97. The first-order chi connectivity index (χ1) is 10.1. The molecule has 6 heteroatoms. The number of carboxylic acid groups (broad SMARTS) is 1. The van der Waals surface area contributed by atoms with Gasteiger partial charge in [0.25, 0.3) is 0 Å². The highest BCUT2D eigenvalue weighted by Crippen LogP contribution is 2.43. The van der Waals surface area contributed by atoms with Crippen LogP contribution < -0.4 is 0 Å². The van der Waals surface area contributed by atoms with E-state index in [1.165, 1.54) is 23.5 Å². The Morgan fingerprint density at radius 3 is 2.38 bits per heavy atom. The quantitative estimate of drug-likeness (QED) is 0.686. The Morgan fingerprint density at radius 1 is 1.00 bits per heavy atom. The molecule has 0 aliphatic carbocycles. The fourth-order valence-electron chi connectivity index (χ4n) is 1.86. The lowest BCUT2D eigenvalue weighted by atomic mass is 10.2. The average molecular weight is 298 g/mol. The molecule has 1 heterocycles. The number of rotatable bonds is 3. The average Bonchev–Trinajstić information content (AvgIpc) is 2.82. The van der Waals surface area contributed by atoms with Crippen LogP contribution in [0.1, 0.15) is 10.4 Å². The first kappa shape index (κ1) is 13.3. The molecule has 0 atom stereocenters. The first-order valence-corrected chi connectivity index (χ1v) is 6.92. The zero-order valence-electron chi connectivity index (χ0n) is 10.7. The molecule has 0 amide bonds. The zero-order valence-corrected chi connectivity index (χ0v) is 11.5. The summed E-state index contributed by atoms with van der Waals surface area (Å²) in [5.41, 5.74) is 0.718. The van der Waals surface area contributed by atoms with Gasteiger partial charge in [0.1, 0.15) is 0 Å². The van der Waals surface area contributed by atoms with Crippen LogP contribution >= 0.6 is 11.3 Å². The Bertz CT molecular complexity index is 838. The van der Waals surface area contributed by atoms with E-state index in [9.17, 15) is 9.90 Å². The van der Waals surface area contributed by atoms with Gasteiger partial charge in [-0.1, -0.05) is 12.1 Å². The molecule has 104 valence electrons. The Balaban J connectivity index is 1.90. The Hall–Kier alpha value is -2.73. The minimum Gasteiger partial charge on any atom is -0.504 e. The van der Waals surface area contributed by atoms with Gasteiger partial charge in [-0.2, -0.15) is 0 Å². The zero-order chi connectivity index (χ0) is 14.8. The van der Waals surface area contributed by atoms with Crippen LogP contribution in [-0.4, -0.2) is 16.2 Å². The molecular formula is C15H10N2O3S. The van der Waals surface area contributed by atoms with Crippen molar-refractivity contribution in [2.75, 3.05) is 0 Å². The maximum atomic E-state index is 10.8. The van der Waals surface area contributed by atoms with Crippen LogP contribution in [0.5, 0.6) is 5.75 Å². The molecule has 0 aliphatic rings. The maximum absolute atomic E-state index is 10.8. The van der Waals surface area contributed by atoms with Crippen molar-refractivity contribution in [2.24, 2.45) is 10.2 Å². The van der Waals surface area contributed by atoms with Gasteiger partial charge in [-0.25, -0.2) is 4.79 Å². The molecule has 1 aromatic heterocycles. The van der Waals surface area contributed by atoms with Crippen LogP contribution in [0.4, 0.5) is 10.7 Å². The topological polar surface area (TPSA) is 82.2 Å². The monoisotopic (exact) mass is 298 g/mol. The molecule has 2 aromatic carbocycles. The first-order valence-electron chi connectivity index (χ1n) is 6.11. The second kappa shape index (κ2) is 5.34. The lowest BCUT2D eigenvalue weighted by Crippen LogP contribution is -1.93. The lowest BCUT2D eigenvalue weighted by molar-refractivity contribution is 0.0697. The fourth-order valence-corrected chi connectivity index (χ4v) is 2.78. The van der Waals surface area contributed by atoms with Gasteiger partial charge in [-0.15, -0.1) is 21.6 Å². The molecule has 0 fully saturated rings. The van der Waals surface area contributed by atoms with Gasteiger partial charge >= 0.3 is 5.97 Å². The molecule has 5 nitrogen and oxygen atoms in total. The number of fused-ring (bicyclic) bond motifs is 1. The molecule has 0 aliphatic heterocycles. The van der Waals surface area contributed by atoms with Crippen molar-refractivity contribution in [1.29, 1.82) is 0 Å². The summed E-state index contributed by atoms with van der Waals surface area (Å²) in [6, 6.07) is 13.5. The van der Waals surface area contributed by atoms with Crippen molar-refractivity contribution in [3.63, 3.8) is 0 Å². The second-order valence-electron chi connectivity index (χ2n) is 4.30. The minimum atomic E-state index is -0.986. The van der Waals surface area contributed by atoms with Gasteiger partial charge in [-0.3, -0.25) is 0 Å². The normalized spacial score (nSPS) is 11.2. The molecule has 21 heavy (non-hydrogen) atoms. The number of azo groups is 1. The van der Waals surface area contributed by atoms with Gasteiger partial charge < -0.3 is 10.2 Å². The van der Waals surface area contributed by atoms with E-state index < -0.39 is 5.97 Å². The second-order valence-corrected chi connectivity index (χ2v) is 5.33. The predicted octanol–water partition coefficient (Wildman–Crippen LogP) is 4.72. The predicted molar refractivity (Wildman–Crippen MR) is 81.1 cm³/mol. The van der Waals surface area contributed by atoms with E-state index in [4.69, 9.17) is 5.11 Å². The summed E-state index contributed by atoms with van der Waals surface area (Å²) in [7, 11) is 0. The molecular weight excluding hydrogens is 288 g/mol. The Kier molecular flexibility index (Phi) is 3.37. The molecule has 2 N–H and O–H groups in total. The summed E-state index contributed by atoms with van der Waals surface area (Å²) in [6.07, 6.45) is 0. The highest BCUT2D eigenvalue weighted by atomic mass is 32.1. The van der Waals surface area contributed by atoms with Crippen molar-refractivity contribution in [3.8, 4) is 5.75 Å². The largest absolute Gasteiger partial charge is 0.504 e.